The molecule has 1 aliphatic heterocycles. The number of carboxylic acids is 1. The number of hydrogen-bond donors (Lipinski definition) is 2. The van der Waals surface area contributed by atoms with Gasteiger partial charge in [0.15, 0.2) is 0 Å². The third-order valence-corrected chi connectivity index (χ3v) is 6.25. The highest BCUT2D eigenvalue weighted by atomic mass is 32.2. The van der Waals surface area contributed by atoms with Crippen LogP contribution in [0.5, 0.6) is 0 Å². The maximum atomic E-state index is 12.4. The molecular weight excluding hydrogens is 304 g/mol. The van der Waals surface area contributed by atoms with Crippen LogP contribution in [-0.4, -0.2) is 50.0 Å². The normalized spacial score (nSPS) is 22.1. The second-order valence-corrected chi connectivity index (χ2v) is 7.31. The van der Waals surface area contributed by atoms with Crippen molar-refractivity contribution in [2.24, 2.45) is 5.92 Å². The van der Waals surface area contributed by atoms with Gasteiger partial charge in [-0.2, -0.15) is 4.31 Å². The predicted molar refractivity (Wildman–Crippen MR) is 83.3 cm³/mol. The van der Waals surface area contributed by atoms with Crippen LogP contribution in [0.2, 0.25) is 0 Å². The number of carbonyl (C=O) groups is 1. The van der Waals surface area contributed by atoms with E-state index in [1.165, 1.54) is 4.31 Å². The van der Waals surface area contributed by atoms with E-state index in [0.29, 0.717) is 26.2 Å². The smallest absolute Gasteiger partial charge is 0.308 e. The van der Waals surface area contributed by atoms with Crippen molar-refractivity contribution in [1.82, 2.24) is 9.62 Å². The van der Waals surface area contributed by atoms with Gasteiger partial charge in [-0.25, -0.2) is 8.42 Å². The van der Waals surface area contributed by atoms with Gasteiger partial charge in [0.25, 0.3) is 0 Å². The van der Waals surface area contributed by atoms with Crippen LogP contribution in [0.3, 0.4) is 0 Å². The minimum absolute atomic E-state index is 0.122. The maximum absolute atomic E-state index is 12.4. The molecule has 1 saturated heterocycles. The van der Waals surface area contributed by atoms with E-state index in [0.717, 1.165) is 5.56 Å². The van der Waals surface area contributed by atoms with Gasteiger partial charge < -0.3 is 10.4 Å². The first kappa shape index (κ1) is 16.9. The lowest BCUT2D eigenvalue weighted by atomic mass is 9.89. The molecule has 2 unspecified atom stereocenters. The summed E-state index contributed by atoms with van der Waals surface area (Å²) in [5, 5.41) is 12.3. The largest absolute Gasteiger partial charge is 0.481 e. The molecule has 1 heterocycles. The van der Waals surface area contributed by atoms with Gasteiger partial charge in [0.2, 0.25) is 10.0 Å². The second kappa shape index (κ2) is 6.76. The summed E-state index contributed by atoms with van der Waals surface area (Å²) in [6, 6.07) is 6.59. The fourth-order valence-corrected chi connectivity index (χ4v) is 4.35. The third-order valence-electron chi connectivity index (χ3n) is 4.18. The molecule has 0 bridgehead atoms. The molecule has 22 heavy (non-hydrogen) atoms. The predicted octanol–water partition coefficient (Wildman–Crippen LogP) is 1.10. The highest BCUT2D eigenvalue weighted by Crippen LogP contribution is 2.29. The lowest BCUT2D eigenvalue weighted by molar-refractivity contribution is -0.141. The zero-order chi connectivity index (χ0) is 16.3. The topological polar surface area (TPSA) is 86.7 Å². The Labute approximate surface area is 131 Å². The fourth-order valence-electron chi connectivity index (χ4n) is 2.89. The van der Waals surface area contributed by atoms with Gasteiger partial charge in [-0.3, -0.25) is 4.79 Å². The Bertz CT molecular complexity index is 623. The first-order chi connectivity index (χ1) is 10.4. The van der Waals surface area contributed by atoms with Gasteiger partial charge in [-0.1, -0.05) is 26.0 Å². The Morgan fingerprint density at radius 1 is 1.23 bits per heavy atom. The quantitative estimate of drug-likeness (QED) is 0.817. The van der Waals surface area contributed by atoms with Gasteiger partial charge in [0.1, 0.15) is 0 Å². The van der Waals surface area contributed by atoms with Crippen molar-refractivity contribution in [2.45, 2.75) is 24.7 Å². The molecule has 0 aliphatic carbocycles. The summed E-state index contributed by atoms with van der Waals surface area (Å²) in [7, 11) is -3.47. The minimum Gasteiger partial charge on any atom is -0.481 e. The Morgan fingerprint density at radius 3 is 2.32 bits per heavy atom. The van der Waals surface area contributed by atoms with Crippen molar-refractivity contribution in [3.63, 3.8) is 0 Å². The Kier molecular flexibility index (Phi) is 5.20. The molecule has 0 amide bonds. The standard InChI is InChI=1S/C15H22N2O4S/c1-3-17(4-2)22(20,21)12-7-5-11(6-8-12)13-9-16-10-14(13)15(18)19/h5-8,13-14,16H,3-4,9-10H2,1-2H3,(H,18,19). The number of carboxylic acid groups (broad SMARTS) is 1. The van der Waals surface area contributed by atoms with Crippen LogP contribution < -0.4 is 5.32 Å². The van der Waals surface area contributed by atoms with Crippen LogP contribution in [0.15, 0.2) is 29.2 Å². The van der Waals surface area contributed by atoms with Crippen LogP contribution in [-0.2, 0) is 14.8 Å². The number of sulfonamides is 1. The summed E-state index contributed by atoms with van der Waals surface area (Å²) in [6.45, 7) is 5.50. The van der Waals surface area contributed by atoms with Gasteiger partial charge >= 0.3 is 5.97 Å². The molecule has 0 spiro atoms. The van der Waals surface area contributed by atoms with Crippen molar-refractivity contribution in [3.05, 3.63) is 29.8 Å². The van der Waals surface area contributed by atoms with Crippen LogP contribution in [0.1, 0.15) is 25.3 Å². The van der Waals surface area contributed by atoms with Gasteiger partial charge in [-0.15, -0.1) is 0 Å². The molecule has 7 heteroatoms. The van der Waals surface area contributed by atoms with Gasteiger partial charge in [0, 0.05) is 32.1 Å². The molecule has 1 aromatic rings. The number of hydrogen-bond acceptors (Lipinski definition) is 4. The van der Waals surface area contributed by atoms with Gasteiger partial charge in [0.05, 0.1) is 10.8 Å². The first-order valence-corrected chi connectivity index (χ1v) is 8.89. The molecule has 2 rings (SSSR count). The van der Waals surface area contributed by atoms with Gasteiger partial charge in [-0.05, 0) is 17.7 Å². The molecule has 122 valence electrons. The summed E-state index contributed by atoms with van der Waals surface area (Å²) >= 11 is 0. The zero-order valence-electron chi connectivity index (χ0n) is 12.8. The molecule has 1 fully saturated rings. The minimum atomic E-state index is -3.47. The molecule has 2 atom stereocenters. The van der Waals surface area contributed by atoms with E-state index >= 15 is 0 Å². The monoisotopic (exact) mass is 326 g/mol. The van der Waals surface area contributed by atoms with E-state index in [4.69, 9.17) is 0 Å². The van der Waals surface area contributed by atoms with Crippen LogP contribution in [0.4, 0.5) is 0 Å². The molecule has 1 aromatic carbocycles. The molecule has 0 saturated carbocycles. The summed E-state index contributed by atoms with van der Waals surface area (Å²) < 4.78 is 26.2. The van der Waals surface area contributed by atoms with E-state index in [2.05, 4.69) is 5.32 Å². The summed E-state index contributed by atoms with van der Waals surface area (Å²) in [5.41, 5.74) is 0.857. The van der Waals surface area contributed by atoms with Crippen LogP contribution in [0.25, 0.3) is 0 Å². The van der Waals surface area contributed by atoms with Crippen molar-refractivity contribution in [3.8, 4) is 0 Å². The van der Waals surface area contributed by atoms with Crippen LogP contribution in [0, 0.1) is 5.92 Å². The second-order valence-electron chi connectivity index (χ2n) is 5.37. The van der Waals surface area contributed by atoms with Crippen LogP contribution >= 0.6 is 0 Å². The van der Waals surface area contributed by atoms with E-state index in [1.54, 1.807) is 38.1 Å². The number of nitrogens with zero attached hydrogens (tertiary/aromatic N) is 1. The van der Waals surface area contributed by atoms with E-state index in [9.17, 15) is 18.3 Å². The number of nitrogens with one attached hydrogen (secondary N) is 1. The Balaban J connectivity index is 2.26. The number of aliphatic carboxylic acids is 1. The number of rotatable bonds is 6. The summed E-state index contributed by atoms with van der Waals surface area (Å²) in [4.78, 5) is 11.5. The van der Waals surface area contributed by atoms with Crippen molar-refractivity contribution in [1.29, 1.82) is 0 Å². The van der Waals surface area contributed by atoms with Crippen molar-refractivity contribution >= 4 is 16.0 Å². The van der Waals surface area contributed by atoms with Crippen molar-refractivity contribution < 1.29 is 18.3 Å². The number of benzene rings is 1. The first-order valence-electron chi connectivity index (χ1n) is 7.45. The molecule has 6 nitrogen and oxygen atoms in total. The molecular formula is C15H22N2O4S. The zero-order valence-corrected chi connectivity index (χ0v) is 13.6. The lowest BCUT2D eigenvalue weighted by Crippen LogP contribution is -2.30. The Morgan fingerprint density at radius 2 is 1.82 bits per heavy atom. The fraction of sp³-hybridized carbons (Fsp3) is 0.533. The molecule has 2 N–H and O–H groups in total. The Hall–Kier alpha value is -1.44. The van der Waals surface area contributed by atoms with Crippen molar-refractivity contribution in [2.75, 3.05) is 26.2 Å². The summed E-state index contributed by atoms with van der Waals surface area (Å²) in [5.74, 6) is -1.41. The lowest BCUT2D eigenvalue weighted by Gasteiger charge is -2.19. The SMILES string of the molecule is CCN(CC)S(=O)(=O)c1ccc(C2CNCC2C(=O)O)cc1. The highest BCUT2D eigenvalue weighted by Gasteiger charge is 2.34. The van der Waals surface area contributed by atoms with E-state index in [1.807, 2.05) is 0 Å². The molecule has 1 aliphatic rings. The molecule has 0 aromatic heterocycles. The van der Waals surface area contributed by atoms with E-state index in [-0.39, 0.29) is 10.8 Å². The average molecular weight is 326 g/mol. The highest BCUT2D eigenvalue weighted by molar-refractivity contribution is 7.89. The van der Waals surface area contributed by atoms with E-state index < -0.39 is 21.9 Å². The maximum Gasteiger partial charge on any atom is 0.308 e. The molecule has 0 radical (unpaired) electrons. The summed E-state index contributed by atoms with van der Waals surface area (Å²) in [6.07, 6.45) is 0. The average Bonchev–Trinajstić information content (AvgIpc) is 2.98. The third kappa shape index (κ3) is 3.16.